The zero-order chi connectivity index (χ0) is 15.4. The molecule has 6 heteroatoms. The number of nitrogens with two attached hydrogens (primary N) is 1. The van der Waals surface area contributed by atoms with Crippen LogP contribution in [0, 0.1) is 5.82 Å². The van der Waals surface area contributed by atoms with Gasteiger partial charge >= 0.3 is 0 Å². The lowest BCUT2D eigenvalue weighted by molar-refractivity contribution is -0.118. The molecule has 2 aromatic carbocycles. The monoisotopic (exact) mass is 352 g/mol. The molecule has 2 aromatic rings. The highest BCUT2D eigenvalue weighted by Crippen LogP contribution is 2.30. The molecule has 0 radical (unpaired) electrons. The molecule has 0 heterocycles. The number of nitrogens with one attached hydrogen (secondary N) is 1. The summed E-state index contributed by atoms with van der Waals surface area (Å²) in [5, 5.41) is 2.93. The molecule has 21 heavy (non-hydrogen) atoms. The van der Waals surface area contributed by atoms with Crippen LogP contribution in [0.5, 0.6) is 5.75 Å². The largest absolute Gasteiger partial charge is 0.497 e. The van der Waals surface area contributed by atoms with Crippen molar-refractivity contribution in [3.05, 3.63) is 58.3 Å². The molecule has 3 N–H and O–H groups in total. The first-order chi connectivity index (χ1) is 10.0. The number of rotatable bonds is 5. The normalized spacial score (nSPS) is 11.8. The molecule has 0 aliphatic rings. The highest BCUT2D eigenvalue weighted by Gasteiger charge is 2.21. The number of benzene rings is 2. The van der Waals surface area contributed by atoms with E-state index in [0.29, 0.717) is 21.5 Å². The Bertz CT molecular complexity index is 664. The quantitative estimate of drug-likeness (QED) is 0.868. The number of halogens is 2. The standard InChI is InChI=1S/C15H14BrFN2O2/c1-21-11-5-6-13(16)12(8-11)14(15(18)20)19-10-4-2-3-9(17)7-10/h2-8,14,19H,1H3,(H2,18,20). The van der Waals surface area contributed by atoms with E-state index >= 15 is 0 Å². The van der Waals surface area contributed by atoms with E-state index in [2.05, 4.69) is 21.2 Å². The van der Waals surface area contributed by atoms with E-state index in [0.717, 1.165) is 0 Å². The van der Waals surface area contributed by atoms with Gasteiger partial charge in [0.05, 0.1) is 7.11 Å². The van der Waals surface area contributed by atoms with Crippen molar-refractivity contribution in [2.75, 3.05) is 12.4 Å². The van der Waals surface area contributed by atoms with Crippen molar-refractivity contribution >= 4 is 27.5 Å². The zero-order valence-electron chi connectivity index (χ0n) is 11.3. The third-order valence-corrected chi connectivity index (χ3v) is 3.66. The van der Waals surface area contributed by atoms with Gasteiger partial charge in [0.2, 0.25) is 5.91 Å². The Balaban J connectivity index is 2.37. The van der Waals surface area contributed by atoms with Crippen LogP contribution in [0.2, 0.25) is 0 Å². The lowest BCUT2D eigenvalue weighted by Crippen LogP contribution is -2.28. The first-order valence-electron chi connectivity index (χ1n) is 6.16. The van der Waals surface area contributed by atoms with Crippen LogP contribution in [0.4, 0.5) is 10.1 Å². The summed E-state index contributed by atoms with van der Waals surface area (Å²) >= 11 is 3.38. The van der Waals surface area contributed by atoms with Crippen molar-refractivity contribution in [3.63, 3.8) is 0 Å². The van der Waals surface area contributed by atoms with Gasteiger partial charge in [0.15, 0.2) is 0 Å². The predicted molar refractivity (Wildman–Crippen MR) is 82.7 cm³/mol. The smallest absolute Gasteiger partial charge is 0.244 e. The van der Waals surface area contributed by atoms with E-state index in [1.54, 1.807) is 30.3 Å². The van der Waals surface area contributed by atoms with Crippen LogP contribution < -0.4 is 15.8 Å². The summed E-state index contributed by atoms with van der Waals surface area (Å²) in [6.45, 7) is 0. The van der Waals surface area contributed by atoms with E-state index < -0.39 is 17.8 Å². The van der Waals surface area contributed by atoms with Gasteiger partial charge in [-0.05, 0) is 36.4 Å². The summed E-state index contributed by atoms with van der Waals surface area (Å²) in [6, 6.07) is 10.2. The summed E-state index contributed by atoms with van der Waals surface area (Å²) in [4.78, 5) is 11.7. The maximum atomic E-state index is 13.2. The van der Waals surface area contributed by atoms with Crippen LogP contribution in [0.25, 0.3) is 0 Å². The number of methoxy groups -OCH3 is 1. The van der Waals surface area contributed by atoms with Gasteiger partial charge in [-0.3, -0.25) is 4.79 Å². The molecule has 0 aliphatic carbocycles. The number of amides is 1. The summed E-state index contributed by atoms with van der Waals surface area (Å²) in [6.07, 6.45) is 0. The van der Waals surface area contributed by atoms with Gasteiger partial charge < -0.3 is 15.8 Å². The number of carbonyl (C=O) groups excluding carboxylic acids is 1. The Kier molecular flexibility index (Phi) is 4.80. The first kappa shape index (κ1) is 15.3. The Morgan fingerprint density at radius 2 is 2.10 bits per heavy atom. The number of primary amides is 1. The minimum absolute atomic E-state index is 0.395. The summed E-state index contributed by atoms with van der Waals surface area (Å²) in [5.74, 6) is -0.373. The fourth-order valence-corrected chi connectivity index (χ4v) is 2.39. The molecule has 1 unspecified atom stereocenters. The fourth-order valence-electron chi connectivity index (χ4n) is 1.92. The van der Waals surface area contributed by atoms with Crippen LogP contribution in [-0.2, 0) is 4.79 Å². The number of hydrogen-bond acceptors (Lipinski definition) is 3. The minimum atomic E-state index is -0.809. The van der Waals surface area contributed by atoms with Gasteiger partial charge in [-0.25, -0.2) is 4.39 Å². The van der Waals surface area contributed by atoms with Gasteiger partial charge in [0.1, 0.15) is 17.6 Å². The summed E-state index contributed by atoms with van der Waals surface area (Å²) in [7, 11) is 1.53. The van der Waals surface area contributed by atoms with E-state index in [4.69, 9.17) is 10.5 Å². The molecule has 0 saturated heterocycles. The second-order valence-electron chi connectivity index (χ2n) is 4.38. The molecule has 2 rings (SSSR count). The lowest BCUT2D eigenvalue weighted by atomic mass is 10.1. The molecular formula is C15H14BrFN2O2. The van der Waals surface area contributed by atoms with Crippen molar-refractivity contribution in [1.82, 2.24) is 0 Å². The second-order valence-corrected chi connectivity index (χ2v) is 5.23. The molecule has 0 fully saturated rings. The average Bonchev–Trinajstić information content (AvgIpc) is 2.45. The van der Waals surface area contributed by atoms with Crippen molar-refractivity contribution < 1.29 is 13.9 Å². The minimum Gasteiger partial charge on any atom is -0.497 e. The molecule has 0 bridgehead atoms. The first-order valence-corrected chi connectivity index (χ1v) is 6.95. The van der Waals surface area contributed by atoms with E-state index in [1.807, 2.05) is 0 Å². The zero-order valence-corrected chi connectivity index (χ0v) is 12.9. The van der Waals surface area contributed by atoms with Crippen molar-refractivity contribution in [2.45, 2.75) is 6.04 Å². The van der Waals surface area contributed by atoms with Gasteiger partial charge in [-0.1, -0.05) is 22.0 Å². The molecule has 1 atom stereocenters. The van der Waals surface area contributed by atoms with Crippen LogP contribution in [-0.4, -0.2) is 13.0 Å². The van der Waals surface area contributed by atoms with Gasteiger partial charge in [0, 0.05) is 15.7 Å². The van der Waals surface area contributed by atoms with Gasteiger partial charge in [-0.2, -0.15) is 0 Å². The topological polar surface area (TPSA) is 64.3 Å². The number of hydrogen-bond donors (Lipinski definition) is 2. The molecular weight excluding hydrogens is 339 g/mol. The van der Waals surface area contributed by atoms with Crippen molar-refractivity contribution in [3.8, 4) is 5.75 Å². The van der Waals surface area contributed by atoms with E-state index in [9.17, 15) is 9.18 Å². The highest BCUT2D eigenvalue weighted by molar-refractivity contribution is 9.10. The van der Waals surface area contributed by atoms with Crippen LogP contribution >= 0.6 is 15.9 Å². The fraction of sp³-hybridized carbons (Fsp3) is 0.133. The third kappa shape index (κ3) is 3.72. The average molecular weight is 353 g/mol. The van der Waals surface area contributed by atoms with Gasteiger partial charge in [0.25, 0.3) is 0 Å². The molecule has 0 saturated carbocycles. The Morgan fingerprint density at radius 1 is 1.33 bits per heavy atom. The molecule has 0 aliphatic heterocycles. The van der Waals surface area contributed by atoms with Crippen molar-refractivity contribution in [2.24, 2.45) is 5.73 Å². The molecule has 0 aromatic heterocycles. The van der Waals surface area contributed by atoms with Crippen LogP contribution in [0.1, 0.15) is 11.6 Å². The maximum Gasteiger partial charge on any atom is 0.244 e. The van der Waals surface area contributed by atoms with E-state index in [-0.39, 0.29) is 0 Å². The van der Waals surface area contributed by atoms with E-state index in [1.165, 1.54) is 19.2 Å². The van der Waals surface area contributed by atoms with Gasteiger partial charge in [-0.15, -0.1) is 0 Å². The molecule has 4 nitrogen and oxygen atoms in total. The molecule has 1 amide bonds. The third-order valence-electron chi connectivity index (χ3n) is 2.93. The summed E-state index contributed by atoms with van der Waals surface area (Å²) in [5.41, 5.74) is 6.54. The molecule has 0 spiro atoms. The SMILES string of the molecule is COc1ccc(Br)c(C(Nc2cccc(F)c2)C(N)=O)c1. The number of carbonyl (C=O) groups is 1. The highest BCUT2D eigenvalue weighted by atomic mass is 79.9. The Hall–Kier alpha value is -2.08. The maximum absolute atomic E-state index is 13.2. The number of anilines is 1. The lowest BCUT2D eigenvalue weighted by Gasteiger charge is -2.19. The summed E-state index contributed by atoms with van der Waals surface area (Å²) < 4.78 is 19.1. The predicted octanol–water partition coefficient (Wildman–Crippen LogP) is 3.24. The van der Waals surface area contributed by atoms with Crippen LogP contribution in [0.15, 0.2) is 46.9 Å². The second kappa shape index (κ2) is 6.58. The molecule has 110 valence electrons. The Morgan fingerprint density at radius 3 is 2.71 bits per heavy atom. The number of ether oxygens (including phenoxy) is 1. The van der Waals surface area contributed by atoms with Crippen molar-refractivity contribution in [1.29, 1.82) is 0 Å². The van der Waals surface area contributed by atoms with Crippen LogP contribution in [0.3, 0.4) is 0 Å². The Labute approximate surface area is 130 Å².